The maximum Gasteiger partial charge on any atom is 0.0998 e. The van der Waals surface area contributed by atoms with E-state index in [4.69, 9.17) is 10.4 Å². The molecule has 1 heterocycles. The van der Waals surface area contributed by atoms with Gasteiger partial charge in [-0.3, -0.25) is 0 Å². The molecule has 0 unspecified atom stereocenters. The van der Waals surface area contributed by atoms with Crippen LogP contribution in [0.15, 0.2) is 17.5 Å². The molecule has 0 atom stereocenters. The number of fused-ring (bicyclic) bond motifs is 1. The molecule has 70 valence electrons. The summed E-state index contributed by atoms with van der Waals surface area (Å²) in [6.45, 7) is 0.0266. The molecule has 4 heteroatoms. The minimum atomic E-state index is 0.0266. The molecule has 1 N–H and O–H groups in total. The first kappa shape index (κ1) is 9.90. The number of thiophene rings is 1. The highest BCUT2D eigenvalue weighted by atomic mass is 127. The average molecular weight is 315 g/mol. The molecule has 2 aromatic rings. The maximum atomic E-state index is 9.13. The summed E-state index contributed by atoms with van der Waals surface area (Å²) in [7, 11) is 0. The van der Waals surface area contributed by atoms with E-state index in [2.05, 4.69) is 28.7 Å². The molecule has 0 bridgehead atoms. The van der Waals surface area contributed by atoms with Crippen molar-refractivity contribution in [3.8, 4) is 6.07 Å². The minimum absolute atomic E-state index is 0.0266. The van der Waals surface area contributed by atoms with Crippen molar-refractivity contribution >= 4 is 44.0 Å². The summed E-state index contributed by atoms with van der Waals surface area (Å²) in [4.78, 5) is 0. The third-order valence-electron chi connectivity index (χ3n) is 2.05. The summed E-state index contributed by atoms with van der Waals surface area (Å²) in [5.74, 6) is 0. The number of hydrogen-bond acceptors (Lipinski definition) is 3. The van der Waals surface area contributed by atoms with Crippen molar-refractivity contribution in [1.29, 1.82) is 5.26 Å². The predicted molar refractivity (Wildman–Crippen MR) is 65.2 cm³/mol. The van der Waals surface area contributed by atoms with Crippen molar-refractivity contribution in [1.82, 2.24) is 0 Å². The van der Waals surface area contributed by atoms with Gasteiger partial charge in [0.2, 0.25) is 0 Å². The molecule has 2 rings (SSSR count). The number of aliphatic hydroxyl groups excluding tert-OH is 1. The van der Waals surface area contributed by atoms with Gasteiger partial charge in [-0.05, 0) is 34.2 Å². The molecule has 1 aromatic carbocycles. The average Bonchev–Trinajstić information content (AvgIpc) is 2.60. The largest absolute Gasteiger partial charge is 0.392 e. The Morgan fingerprint density at radius 3 is 2.93 bits per heavy atom. The fourth-order valence-electron chi connectivity index (χ4n) is 1.38. The summed E-state index contributed by atoms with van der Waals surface area (Å²) in [6.07, 6.45) is 0. The van der Waals surface area contributed by atoms with Crippen LogP contribution in [0.3, 0.4) is 0 Å². The van der Waals surface area contributed by atoms with Crippen LogP contribution in [0.4, 0.5) is 0 Å². The van der Waals surface area contributed by atoms with E-state index < -0.39 is 0 Å². The molecule has 1 aromatic heterocycles. The lowest BCUT2D eigenvalue weighted by Gasteiger charge is -2.00. The zero-order chi connectivity index (χ0) is 10.1. The smallest absolute Gasteiger partial charge is 0.0998 e. The molecular formula is C10H6INOS. The third kappa shape index (κ3) is 1.41. The molecule has 14 heavy (non-hydrogen) atoms. The molecule has 0 aliphatic heterocycles. The number of halogens is 1. The van der Waals surface area contributed by atoms with Crippen LogP contribution in [-0.4, -0.2) is 5.11 Å². The van der Waals surface area contributed by atoms with Crippen molar-refractivity contribution in [3.63, 3.8) is 0 Å². The fourth-order valence-corrected chi connectivity index (χ4v) is 3.47. The van der Waals surface area contributed by atoms with Gasteiger partial charge in [0.1, 0.15) is 0 Å². The SMILES string of the molecule is N#Cc1ccc(CO)c2scc(I)c12. The Hall–Kier alpha value is -0.640. The van der Waals surface area contributed by atoms with Crippen LogP contribution >= 0.6 is 33.9 Å². The van der Waals surface area contributed by atoms with Crippen molar-refractivity contribution in [2.24, 2.45) is 0 Å². The molecule has 0 saturated carbocycles. The minimum Gasteiger partial charge on any atom is -0.392 e. The van der Waals surface area contributed by atoms with E-state index in [1.807, 2.05) is 11.4 Å². The van der Waals surface area contributed by atoms with Crippen LogP contribution in [-0.2, 0) is 6.61 Å². The summed E-state index contributed by atoms with van der Waals surface area (Å²) < 4.78 is 2.10. The van der Waals surface area contributed by atoms with Crippen molar-refractivity contribution < 1.29 is 5.11 Å². The highest BCUT2D eigenvalue weighted by molar-refractivity contribution is 14.1. The summed E-state index contributed by atoms with van der Waals surface area (Å²) in [6, 6.07) is 5.75. The standard InChI is InChI=1S/C10H6INOS/c11-8-5-14-10-7(4-13)2-1-6(3-12)9(8)10/h1-2,5,13H,4H2. The van der Waals surface area contributed by atoms with E-state index in [-0.39, 0.29) is 6.61 Å². The second-order valence-electron chi connectivity index (χ2n) is 2.83. The van der Waals surface area contributed by atoms with Gasteiger partial charge in [-0.15, -0.1) is 11.3 Å². The van der Waals surface area contributed by atoms with E-state index in [1.54, 1.807) is 17.4 Å². The third-order valence-corrected chi connectivity index (χ3v) is 4.38. The molecule has 0 fully saturated rings. The first-order valence-electron chi connectivity index (χ1n) is 3.97. The van der Waals surface area contributed by atoms with Gasteiger partial charge < -0.3 is 5.11 Å². The summed E-state index contributed by atoms with van der Waals surface area (Å²) in [5, 5.41) is 21.0. The first-order valence-corrected chi connectivity index (χ1v) is 5.93. The van der Waals surface area contributed by atoms with E-state index in [1.165, 1.54) is 0 Å². The number of rotatable bonds is 1. The maximum absolute atomic E-state index is 9.13. The monoisotopic (exact) mass is 315 g/mol. The van der Waals surface area contributed by atoms with Gasteiger partial charge in [-0.1, -0.05) is 6.07 Å². The number of aliphatic hydroxyl groups is 1. The Balaban J connectivity index is 2.89. The van der Waals surface area contributed by atoms with Gasteiger partial charge in [0.05, 0.1) is 18.2 Å². The first-order chi connectivity index (χ1) is 6.77. The molecule has 0 aliphatic rings. The molecule has 0 amide bonds. The molecule has 0 radical (unpaired) electrons. The van der Waals surface area contributed by atoms with Crippen molar-refractivity contribution in [2.75, 3.05) is 0 Å². The van der Waals surface area contributed by atoms with Gasteiger partial charge in [0.15, 0.2) is 0 Å². The highest BCUT2D eigenvalue weighted by Crippen LogP contribution is 2.32. The van der Waals surface area contributed by atoms with Gasteiger partial charge in [0, 0.05) is 19.0 Å². The van der Waals surface area contributed by atoms with Crippen LogP contribution in [0.5, 0.6) is 0 Å². The van der Waals surface area contributed by atoms with Crippen LogP contribution in [0.1, 0.15) is 11.1 Å². The van der Waals surface area contributed by atoms with Crippen LogP contribution in [0.2, 0.25) is 0 Å². The van der Waals surface area contributed by atoms with Crippen molar-refractivity contribution in [3.05, 3.63) is 32.2 Å². The van der Waals surface area contributed by atoms with Gasteiger partial charge in [-0.2, -0.15) is 5.26 Å². The lowest BCUT2D eigenvalue weighted by molar-refractivity contribution is 0.283. The van der Waals surface area contributed by atoms with Crippen LogP contribution < -0.4 is 0 Å². The van der Waals surface area contributed by atoms with E-state index in [0.717, 1.165) is 19.2 Å². The topological polar surface area (TPSA) is 44.0 Å². The zero-order valence-electron chi connectivity index (χ0n) is 7.12. The number of nitriles is 1. The Morgan fingerprint density at radius 1 is 1.50 bits per heavy atom. The normalized spacial score (nSPS) is 10.4. The molecule has 0 saturated heterocycles. The lowest BCUT2D eigenvalue weighted by Crippen LogP contribution is -1.85. The van der Waals surface area contributed by atoms with E-state index >= 15 is 0 Å². The van der Waals surface area contributed by atoms with Crippen molar-refractivity contribution in [2.45, 2.75) is 6.61 Å². The van der Waals surface area contributed by atoms with Crippen LogP contribution in [0.25, 0.3) is 10.1 Å². The predicted octanol–water partition coefficient (Wildman–Crippen LogP) is 2.87. The lowest BCUT2D eigenvalue weighted by atomic mass is 10.1. The second-order valence-corrected chi connectivity index (χ2v) is 4.87. The Bertz CT molecular complexity index is 527. The number of hydrogen-bond donors (Lipinski definition) is 1. The van der Waals surface area contributed by atoms with Gasteiger partial charge in [-0.25, -0.2) is 0 Å². The summed E-state index contributed by atoms with van der Waals surface area (Å²) >= 11 is 3.79. The second kappa shape index (κ2) is 3.85. The zero-order valence-corrected chi connectivity index (χ0v) is 10.1. The molecule has 0 spiro atoms. The number of benzene rings is 1. The fraction of sp³-hybridized carbons (Fsp3) is 0.100. The van der Waals surface area contributed by atoms with Gasteiger partial charge >= 0.3 is 0 Å². The molecule has 0 aliphatic carbocycles. The molecular weight excluding hydrogens is 309 g/mol. The van der Waals surface area contributed by atoms with E-state index in [0.29, 0.717) is 5.56 Å². The Morgan fingerprint density at radius 2 is 2.29 bits per heavy atom. The number of nitrogens with zero attached hydrogens (tertiary/aromatic N) is 1. The Labute approximate surface area is 98.9 Å². The van der Waals surface area contributed by atoms with Crippen LogP contribution in [0, 0.1) is 14.9 Å². The van der Waals surface area contributed by atoms with Gasteiger partial charge in [0.25, 0.3) is 0 Å². The molecule has 2 nitrogen and oxygen atoms in total. The Kier molecular flexibility index (Phi) is 2.72. The van der Waals surface area contributed by atoms with E-state index in [9.17, 15) is 0 Å². The summed E-state index contributed by atoms with van der Waals surface area (Å²) in [5.41, 5.74) is 1.58. The quantitative estimate of drug-likeness (QED) is 0.823. The highest BCUT2D eigenvalue weighted by Gasteiger charge is 2.10.